The normalized spacial score (nSPS) is 34.3. The molecule has 0 aromatic carbocycles. The Bertz CT molecular complexity index is 805. The Morgan fingerprint density at radius 3 is 1.95 bits per heavy atom. The molecule has 240 valence electrons. The fourth-order valence-electron chi connectivity index (χ4n) is 4.47. The first-order valence-corrected chi connectivity index (χ1v) is 13.3. The van der Waals surface area contributed by atoms with Crippen LogP contribution in [-0.2, 0) is 33.3 Å². The van der Waals surface area contributed by atoms with E-state index in [2.05, 4.69) is 4.74 Å². The lowest BCUT2D eigenvalue weighted by molar-refractivity contribution is -0.345. The molecule has 7 unspecified atom stereocenters. The van der Waals surface area contributed by atoms with Crippen molar-refractivity contribution in [1.29, 1.82) is 0 Å². The molecule has 17 heteroatoms. The molecule has 2 fully saturated rings. The second-order valence-electron chi connectivity index (χ2n) is 9.83. The van der Waals surface area contributed by atoms with Crippen LogP contribution in [0.2, 0.25) is 0 Å². The number of carbonyl (C=O) groups excluding carboxylic acids is 2. The van der Waals surface area contributed by atoms with Crippen molar-refractivity contribution < 1.29 is 77.1 Å². The van der Waals surface area contributed by atoms with Crippen LogP contribution in [0.15, 0.2) is 0 Å². The minimum Gasteiger partial charge on any atom is -0.469 e. The maximum Gasteiger partial charge on any atom is 0.471 e. The third-order valence-electron chi connectivity index (χ3n) is 6.83. The highest BCUT2D eigenvalue weighted by molar-refractivity contribution is 5.82. The lowest BCUT2D eigenvalue weighted by Gasteiger charge is -2.47. The zero-order chi connectivity index (χ0) is 30.7. The maximum atomic E-state index is 13.1. The smallest absolute Gasteiger partial charge is 0.469 e. The summed E-state index contributed by atoms with van der Waals surface area (Å²) in [6.45, 7) is -1.71. The van der Waals surface area contributed by atoms with Gasteiger partial charge in [-0.3, -0.25) is 9.59 Å². The number of carbonyl (C=O) groups is 2. The Balaban J connectivity index is 2.09. The van der Waals surface area contributed by atoms with Crippen molar-refractivity contribution in [2.75, 3.05) is 26.9 Å². The number of halogens is 3. The van der Waals surface area contributed by atoms with Crippen LogP contribution >= 0.6 is 0 Å². The fraction of sp³-hybridized carbons (Fsp3) is 0.917. The summed E-state index contributed by atoms with van der Waals surface area (Å²) < 4.78 is 65.8. The first-order valence-electron chi connectivity index (χ1n) is 13.3. The van der Waals surface area contributed by atoms with Crippen LogP contribution in [0.3, 0.4) is 0 Å². The van der Waals surface area contributed by atoms with E-state index in [1.807, 2.05) is 0 Å². The quantitative estimate of drug-likeness (QED) is 0.0811. The van der Waals surface area contributed by atoms with Crippen molar-refractivity contribution in [2.45, 2.75) is 112 Å². The van der Waals surface area contributed by atoms with Gasteiger partial charge in [0.05, 0.1) is 20.3 Å². The van der Waals surface area contributed by atoms with Crippen molar-refractivity contribution in [3.05, 3.63) is 0 Å². The van der Waals surface area contributed by atoms with Gasteiger partial charge in [0.1, 0.15) is 48.8 Å². The zero-order valence-electron chi connectivity index (χ0n) is 22.5. The topological polar surface area (TPSA) is 214 Å². The van der Waals surface area contributed by atoms with Crippen molar-refractivity contribution in [1.82, 2.24) is 5.32 Å². The van der Waals surface area contributed by atoms with E-state index in [0.29, 0.717) is 25.7 Å². The first-order chi connectivity index (χ1) is 19.3. The second-order valence-corrected chi connectivity index (χ2v) is 9.83. The Morgan fingerprint density at radius 2 is 1.37 bits per heavy atom. The van der Waals surface area contributed by atoms with E-state index in [-0.39, 0.29) is 12.6 Å². The van der Waals surface area contributed by atoms with Crippen molar-refractivity contribution in [3.8, 4) is 0 Å². The van der Waals surface area contributed by atoms with Crippen LogP contribution in [-0.4, -0.2) is 137 Å². The molecule has 2 saturated heterocycles. The summed E-state index contributed by atoms with van der Waals surface area (Å²) >= 11 is 0. The average molecular weight is 608 g/mol. The molecular formula is C24H40F3NO13. The highest BCUT2D eigenvalue weighted by atomic mass is 19.4. The number of aliphatic hydroxyl groups excluding tert-OH is 6. The molecule has 2 heterocycles. The van der Waals surface area contributed by atoms with Crippen LogP contribution in [0.25, 0.3) is 0 Å². The number of hydrogen-bond acceptors (Lipinski definition) is 13. The van der Waals surface area contributed by atoms with E-state index in [0.717, 1.165) is 19.3 Å². The molecule has 0 aromatic rings. The third kappa shape index (κ3) is 10.2. The number of esters is 1. The van der Waals surface area contributed by atoms with Crippen molar-refractivity contribution in [2.24, 2.45) is 0 Å². The predicted octanol–water partition coefficient (Wildman–Crippen LogP) is -1.78. The minimum absolute atomic E-state index is 0.0494. The molecule has 2 rings (SSSR count). The summed E-state index contributed by atoms with van der Waals surface area (Å²) in [7, 11) is 1.31. The molecule has 14 nitrogen and oxygen atoms in total. The molecule has 0 spiro atoms. The summed E-state index contributed by atoms with van der Waals surface area (Å²) in [6.07, 6.45) is -16.7. The predicted molar refractivity (Wildman–Crippen MR) is 129 cm³/mol. The van der Waals surface area contributed by atoms with Gasteiger partial charge in [0.25, 0.3) is 0 Å². The third-order valence-corrected chi connectivity index (χ3v) is 6.83. The van der Waals surface area contributed by atoms with Gasteiger partial charge >= 0.3 is 18.1 Å². The molecule has 1 amide bonds. The second kappa shape index (κ2) is 16.8. The van der Waals surface area contributed by atoms with Gasteiger partial charge in [-0.1, -0.05) is 25.7 Å². The van der Waals surface area contributed by atoms with E-state index < -0.39 is 86.6 Å². The number of alkyl halides is 3. The molecule has 2 aliphatic rings. The number of hydrogen-bond donors (Lipinski definition) is 7. The molecule has 2 aliphatic heterocycles. The van der Waals surface area contributed by atoms with Crippen LogP contribution in [0.1, 0.15) is 44.9 Å². The van der Waals surface area contributed by atoms with E-state index in [4.69, 9.17) is 18.9 Å². The molecule has 0 aliphatic carbocycles. The maximum absolute atomic E-state index is 13.1. The summed E-state index contributed by atoms with van der Waals surface area (Å²) in [4.78, 5) is 23.0. The minimum atomic E-state index is -5.34. The van der Waals surface area contributed by atoms with Gasteiger partial charge in [0, 0.05) is 13.0 Å². The lowest BCUT2D eigenvalue weighted by atomic mass is 9.95. The number of amides is 1. The molecule has 0 radical (unpaired) electrons. The van der Waals surface area contributed by atoms with Crippen molar-refractivity contribution >= 4 is 11.9 Å². The van der Waals surface area contributed by atoms with Gasteiger partial charge in [-0.25, -0.2) is 0 Å². The number of rotatable bonds is 15. The Kier molecular flexibility index (Phi) is 14.6. The van der Waals surface area contributed by atoms with Crippen LogP contribution < -0.4 is 5.32 Å². The summed E-state index contributed by atoms with van der Waals surface area (Å²) in [6, 6.07) is -1.84. The van der Waals surface area contributed by atoms with E-state index >= 15 is 0 Å². The first kappa shape index (κ1) is 35.5. The highest BCUT2D eigenvalue weighted by Gasteiger charge is 2.53. The number of aliphatic hydroxyl groups is 6. The average Bonchev–Trinajstić information content (AvgIpc) is 2.93. The Hall–Kier alpha value is -1.67. The molecule has 0 saturated carbocycles. The van der Waals surface area contributed by atoms with Crippen LogP contribution in [0.5, 0.6) is 0 Å². The summed E-state index contributed by atoms with van der Waals surface area (Å²) in [5.74, 6) is -2.71. The van der Waals surface area contributed by atoms with Gasteiger partial charge < -0.3 is 59.6 Å². The monoisotopic (exact) mass is 607 g/mol. The van der Waals surface area contributed by atoms with Gasteiger partial charge in [-0.05, 0) is 12.8 Å². The molecule has 41 heavy (non-hydrogen) atoms. The molecular weight excluding hydrogens is 567 g/mol. The van der Waals surface area contributed by atoms with E-state index in [9.17, 15) is 53.4 Å². The molecule has 7 N–H and O–H groups in total. The van der Waals surface area contributed by atoms with Gasteiger partial charge in [0.2, 0.25) is 0 Å². The Morgan fingerprint density at radius 1 is 0.805 bits per heavy atom. The fourth-order valence-corrected chi connectivity index (χ4v) is 4.47. The highest BCUT2D eigenvalue weighted by Crippen LogP contribution is 2.30. The summed E-state index contributed by atoms with van der Waals surface area (Å²) in [5.41, 5.74) is 0. The number of methoxy groups -OCH3 is 1. The number of unbranched alkanes of at least 4 members (excludes halogenated alkanes) is 5. The summed E-state index contributed by atoms with van der Waals surface area (Å²) in [5, 5.41) is 61.8. The molecule has 0 bridgehead atoms. The molecule has 10 atom stereocenters. The molecule has 0 aromatic heterocycles. The van der Waals surface area contributed by atoms with Gasteiger partial charge in [-0.2, -0.15) is 13.2 Å². The number of ether oxygens (including phenoxy) is 5. The van der Waals surface area contributed by atoms with Gasteiger partial charge in [-0.15, -0.1) is 0 Å². The zero-order valence-corrected chi connectivity index (χ0v) is 22.5. The lowest BCUT2D eigenvalue weighted by Crippen LogP contribution is -2.68. The van der Waals surface area contributed by atoms with Crippen LogP contribution in [0, 0.1) is 0 Å². The van der Waals surface area contributed by atoms with Gasteiger partial charge in [0.15, 0.2) is 12.6 Å². The Labute approximate surface area is 234 Å². The largest absolute Gasteiger partial charge is 0.471 e. The SMILES string of the molecule is COC(=O)CCCCCCCCO[C@@H]1OC(CO)[C@@H](O)C(OC2OC(CO)[C@H](O)C(O)C2O)C1NC(=O)C(F)(F)F. The van der Waals surface area contributed by atoms with E-state index in [1.165, 1.54) is 7.11 Å². The standard InChI is InChI=1S/C24H40F3NO13/c1-37-14(31)8-6-4-2-3-5-7-9-38-21-15(28-23(36)24(25,26)27)20(17(33)13(11-30)39-21)41-22-19(35)18(34)16(32)12(10-29)40-22/h12-13,15-22,29-30,32-35H,2-11H2,1H3,(H,28,36)/t12?,13?,15?,16-,17+,18?,19?,20?,21+,22?/m0/s1. The van der Waals surface area contributed by atoms with Crippen molar-refractivity contribution in [3.63, 3.8) is 0 Å². The van der Waals surface area contributed by atoms with E-state index in [1.54, 1.807) is 5.32 Å². The van der Waals surface area contributed by atoms with Crippen LogP contribution in [0.4, 0.5) is 13.2 Å². The number of nitrogens with one attached hydrogen (secondary N) is 1.